The second-order valence-electron chi connectivity index (χ2n) is 10.2. The molecular formula is C29H29N7O2. The highest BCUT2D eigenvalue weighted by Gasteiger charge is 2.35. The average Bonchev–Trinajstić information content (AvgIpc) is 3.29. The Labute approximate surface area is 220 Å². The number of aromatic nitrogens is 4. The molecule has 4 heterocycles. The van der Waals surface area contributed by atoms with Gasteiger partial charge in [-0.3, -0.25) is 0 Å². The third kappa shape index (κ3) is 3.95. The summed E-state index contributed by atoms with van der Waals surface area (Å²) in [7, 11) is 4.14. The first kappa shape index (κ1) is 22.8. The molecule has 0 saturated carbocycles. The van der Waals surface area contributed by atoms with Gasteiger partial charge in [-0.25, -0.2) is 15.0 Å². The van der Waals surface area contributed by atoms with E-state index in [1.165, 1.54) is 0 Å². The summed E-state index contributed by atoms with van der Waals surface area (Å²) in [6.45, 7) is 4.02. The standard InChI is InChI=1S/C29H29N7O2/c1-17-12-18(4-9-25(17)37-19-5-8-24-22(13-19)32-16-36(24)3)33-29-27-20(30-15-31-29)6-7-21-28(27)38-26-10-11-35(2)14-23(26)34-21/h4-9,12-13,15-16,23,26,34H,10-11,14H2,1-3H3,(H,30,31,33)/t23-,26-/m1/s1. The van der Waals surface area contributed by atoms with Crippen molar-refractivity contribution in [3.05, 3.63) is 66.7 Å². The Bertz CT molecular complexity index is 1680. The Balaban J connectivity index is 1.17. The van der Waals surface area contributed by atoms with Gasteiger partial charge in [-0.15, -0.1) is 0 Å². The van der Waals surface area contributed by atoms with Crippen LogP contribution in [0.4, 0.5) is 17.2 Å². The number of ether oxygens (including phenoxy) is 2. The Morgan fingerprint density at radius 3 is 2.84 bits per heavy atom. The van der Waals surface area contributed by atoms with Crippen LogP contribution in [0.1, 0.15) is 12.0 Å². The molecule has 0 radical (unpaired) electrons. The minimum absolute atomic E-state index is 0.126. The van der Waals surface area contributed by atoms with Crippen LogP contribution in [0.25, 0.3) is 21.9 Å². The summed E-state index contributed by atoms with van der Waals surface area (Å²) in [6, 6.07) is 16.3. The van der Waals surface area contributed by atoms with E-state index in [1.54, 1.807) is 12.7 Å². The van der Waals surface area contributed by atoms with Gasteiger partial charge in [0.1, 0.15) is 29.7 Å². The molecule has 0 amide bonds. The molecule has 9 nitrogen and oxygen atoms in total. The Hall–Kier alpha value is -4.37. The van der Waals surface area contributed by atoms with Gasteiger partial charge in [0.15, 0.2) is 5.75 Å². The predicted molar refractivity (Wildman–Crippen MR) is 149 cm³/mol. The molecule has 3 aromatic carbocycles. The number of fused-ring (bicyclic) bond motifs is 5. The van der Waals surface area contributed by atoms with Gasteiger partial charge in [0, 0.05) is 31.9 Å². The lowest BCUT2D eigenvalue weighted by Crippen LogP contribution is -2.53. The molecule has 0 aliphatic carbocycles. The van der Waals surface area contributed by atoms with Crippen molar-refractivity contribution >= 4 is 39.1 Å². The van der Waals surface area contributed by atoms with Crippen LogP contribution in [0.5, 0.6) is 17.2 Å². The first-order valence-electron chi connectivity index (χ1n) is 12.9. The van der Waals surface area contributed by atoms with E-state index >= 15 is 0 Å². The maximum atomic E-state index is 6.58. The van der Waals surface area contributed by atoms with Crippen molar-refractivity contribution in [1.29, 1.82) is 0 Å². The summed E-state index contributed by atoms with van der Waals surface area (Å²) in [5.74, 6) is 3.08. The molecule has 2 N–H and O–H groups in total. The van der Waals surface area contributed by atoms with Crippen molar-refractivity contribution in [2.45, 2.75) is 25.5 Å². The van der Waals surface area contributed by atoms with Gasteiger partial charge >= 0.3 is 0 Å². The first-order valence-corrected chi connectivity index (χ1v) is 12.9. The number of imidazole rings is 1. The van der Waals surface area contributed by atoms with Crippen molar-refractivity contribution in [2.75, 3.05) is 30.8 Å². The number of aryl methyl sites for hydroxylation is 2. The predicted octanol–water partition coefficient (Wildman–Crippen LogP) is 5.24. The molecule has 2 aliphatic heterocycles. The number of nitrogens with one attached hydrogen (secondary N) is 2. The summed E-state index contributed by atoms with van der Waals surface area (Å²) in [5.41, 5.74) is 5.71. The summed E-state index contributed by atoms with van der Waals surface area (Å²) < 4.78 is 14.8. The molecule has 0 spiro atoms. The molecule has 2 aliphatic rings. The zero-order chi connectivity index (χ0) is 25.8. The van der Waals surface area contributed by atoms with Crippen molar-refractivity contribution in [3.63, 3.8) is 0 Å². The molecule has 1 saturated heterocycles. The van der Waals surface area contributed by atoms with E-state index in [4.69, 9.17) is 9.47 Å². The lowest BCUT2D eigenvalue weighted by molar-refractivity contribution is 0.0940. The molecule has 192 valence electrons. The average molecular weight is 508 g/mol. The largest absolute Gasteiger partial charge is 0.485 e. The third-order valence-electron chi connectivity index (χ3n) is 7.48. The number of likely N-dealkylation sites (tertiary alicyclic amines) is 1. The fourth-order valence-electron chi connectivity index (χ4n) is 5.46. The zero-order valence-corrected chi connectivity index (χ0v) is 21.6. The number of rotatable bonds is 4. The SMILES string of the molecule is Cc1cc(Nc2ncnc3ccc4c(c23)O[C@@H]2CCN(C)C[C@H]2N4)ccc1Oc1ccc2c(c1)ncn2C. The number of piperidine rings is 1. The topological polar surface area (TPSA) is 89.4 Å². The van der Waals surface area contributed by atoms with Crippen molar-refractivity contribution in [3.8, 4) is 17.2 Å². The van der Waals surface area contributed by atoms with E-state index in [9.17, 15) is 0 Å². The summed E-state index contributed by atoms with van der Waals surface area (Å²) in [6.07, 6.45) is 4.50. The fraction of sp³-hybridized carbons (Fsp3) is 0.276. The number of anilines is 3. The summed E-state index contributed by atoms with van der Waals surface area (Å²) in [4.78, 5) is 15.9. The number of hydrogen-bond acceptors (Lipinski definition) is 8. The van der Waals surface area contributed by atoms with E-state index in [0.29, 0.717) is 5.82 Å². The monoisotopic (exact) mass is 507 g/mol. The van der Waals surface area contributed by atoms with E-state index in [2.05, 4.69) is 49.7 Å². The van der Waals surface area contributed by atoms with Crippen LogP contribution in [-0.2, 0) is 7.05 Å². The molecule has 2 atom stereocenters. The van der Waals surface area contributed by atoms with Crippen LogP contribution in [0, 0.1) is 6.92 Å². The molecule has 38 heavy (non-hydrogen) atoms. The highest BCUT2D eigenvalue weighted by molar-refractivity contribution is 6.00. The third-order valence-corrected chi connectivity index (χ3v) is 7.48. The van der Waals surface area contributed by atoms with Crippen LogP contribution in [-0.4, -0.2) is 56.7 Å². The molecule has 1 fully saturated rings. The maximum absolute atomic E-state index is 6.58. The number of hydrogen-bond donors (Lipinski definition) is 2. The quantitative estimate of drug-likeness (QED) is 0.342. The van der Waals surface area contributed by atoms with E-state index < -0.39 is 0 Å². The van der Waals surface area contributed by atoms with Crippen LogP contribution < -0.4 is 20.1 Å². The van der Waals surface area contributed by atoms with Crippen molar-refractivity contribution in [2.24, 2.45) is 7.05 Å². The van der Waals surface area contributed by atoms with Crippen molar-refractivity contribution < 1.29 is 9.47 Å². The smallest absolute Gasteiger partial charge is 0.156 e. The van der Waals surface area contributed by atoms with E-state index in [-0.39, 0.29) is 12.1 Å². The van der Waals surface area contributed by atoms with Gasteiger partial charge in [0.25, 0.3) is 0 Å². The minimum atomic E-state index is 0.126. The summed E-state index contributed by atoms with van der Waals surface area (Å²) >= 11 is 0. The molecule has 0 unspecified atom stereocenters. The Morgan fingerprint density at radius 1 is 1.03 bits per heavy atom. The first-order chi connectivity index (χ1) is 18.5. The van der Waals surface area contributed by atoms with Crippen molar-refractivity contribution in [1.82, 2.24) is 24.4 Å². The van der Waals surface area contributed by atoms with Gasteiger partial charge in [-0.1, -0.05) is 0 Å². The molecule has 2 aromatic heterocycles. The van der Waals surface area contributed by atoms with Gasteiger partial charge in [-0.2, -0.15) is 0 Å². The Morgan fingerprint density at radius 2 is 1.95 bits per heavy atom. The van der Waals surface area contributed by atoms with Gasteiger partial charge < -0.3 is 29.6 Å². The second kappa shape index (κ2) is 8.88. The molecule has 0 bridgehead atoms. The highest BCUT2D eigenvalue weighted by atomic mass is 16.5. The lowest BCUT2D eigenvalue weighted by atomic mass is 9.99. The van der Waals surface area contributed by atoms with Crippen LogP contribution in [0.3, 0.4) is 0 Å². The highest BCUT2D eigenvalue weighted by Crippen LogP contribution is 2.42. The molecular weight excluding hydrogens is 478 g/mol. The van der Waals surface area contributed by atoms with Crippen LogP contribution >= 0.6 is 0 Å². The van der Waals surface area contributed by atoms with E-state index in [1.807, 2.05) is 54.9 Å². The number of likely N-dealkylation sites (N-methyl/N-ethyl adjacent to an activating group) is 1. The van der Waals surface area contributed by atoms with Gasteiger partial charge in [0.05, 0.1) is 40.0 Å². The fourth-order valence-corrected chi connectivity index (χ4v) is 5.46. The minimum Gasteiger partial charge on any atom is -0.485 e. The zero-order valence-electron chi connectivity index (χ0n) is 21.6. The van der Waals surface area contributed by atoms with E-state index in [0.717, 1.165) is 75.6 Å². The second-order valence-corrected chi connectivity index (χ2v) is 10.2. The molecule has 7 rings (SSSR count). The number of benzene rings is 3. The molecule has 9 heteroatoms. The number of nitrogens with zero attached hydrogens (tertiary/aromatic N) is 5. The molecule has 5 aromatic rings. The van der Waals surface area contributed by atoms with Crippen LogP contribution in [0.2, 0.25) is 0 Å². The van der Waals surface area contributed by atoms with Gasteiger partial charge in [0.2, 0.25) is 0 Å². The van der Waals surface area contributed by atoms with Crippen LogP contribution in [0.15, 0.2) is 61.2 Å². The lowest BCUT2D eigenvalue weighted by Gasteiger charge is -2.41. The maximum Gasteiger partial charge on any atom is 0.156 e. The summed E-state index contributed by atoms with van der Waals surface area (Å²) in [5, 5.41) is 8.08. The normalized spacial score (nSPS) is 18.9. The Kier molecular flexibility index (Phi) is 5.33. The van der Waals surface area contributed by atoms with Gasteiger partial charge in [-0.05, 0) is 68.4 Å².